The van der Waals surface area contributed by atoms with E-state index < -0.39 is 0 Å². The van der Waals surface area contributed by atoms with Crippen LogP contribution in [0.3, 0.4) is 0 Å². The van der Waals surface area contributed by atoms with Gasteiger partial charge in [0.2, 0.25) is 0 Å². The molecule has 0 aliphatic rings. The number of rotatable bonds is 7. The SMILES string of the molecule is O=C(COc1ccccc1)Nc1ccccc1-c1nc(Cc2ccccc2)no1. The molecule has 0 bridgehead atoms. The number of anilines is 1. The third-order valence-electron chi connectivity index (χ3n) is 4.22. The smallest absolute Gasteiger partial charge is 0.262 e. The molecule has 0 saturated heterocycles. The summed E-state index contributed by atoms with van der Waals surface area (Å²) in [6.45, 7) is -0.0958. The first-order chi connectivity index (χ1) is 14.3. The minimum absolute atomic E-state index is 0.0958. The van der Waals surface area contributed by atoms with Crippen molar-refractivity contribution in [1.29, 1.82) is 0 Å². The molecule has 4 aromatic rings. The number of nitrogens with one attached hydrogen (secondary N) is 1. The van der Waals surface area contributed by atoms with Gasteiger partial charge in [-0.15, -0.1) is 0 Å². The van der Waals surface area contributed by atoms with E-state index in [1.165, 1.54) is 0 Å². The summed E-state index contributed by atoms with van der Waals surface area (Å²) in [6.07, 6.45) is 0.573. The van der Waals surface area contributed by atoms with Gasteiger partial charge in [-0.3, -0.25) is 4.79 Å². The summed E-state index contributed by atoms with van der Waals surface area (Å²) in [5.41, 5.74) is 2.34. The van der Waals surface area contributed by atoms with Gasteiger partial charge in [0.05, 0.1) is 11.3 Å². The number of aromatic nitrogens is 2. The average molecular weight is 385 g/mol. The van der Waals surface area contributed by atoms with E-state index in [-0.39, 0.29) is 12.5 Å². The molecule has 0 atom stereocenters. The van der Waals surface area contributed by atoms with Crippen LogP contribution in [0.1, 0.15) is 11.4 Å². The van der Waals surface area contributed by atoms with Crippen molar-refractivity contribution < 1.29 is 14.1 Å². The van der Waals surface area contributed by atoms with Crippen molar-refractivity contribution >= 4 is 11.6 Å². The molecule has 0 aliphatic heterocycles. The van der Waals surface area contributed by atoms with Crippen LogP contribution in [0, 0.1) is 0 Å². The van der Waals surface area contributed by atoms with Crippen molar-refractivity contribution in [3.63, 3.8) is 0 Å². The monoisotopic (exact) mass is 385 g/mol. The largest absolute Gasteiger partial charge is 0.484 e. The van der Waals surface area contributed by atoms with Gasteiger partial charge >= 0.3 is 0 Å². The highest BCUT2D eigenvalue weighted by molar-refractivity contribution is 5.95. The molecule has 6 nitrogen and oxygen atoms in total. The topological polar surface area (TPSA) is 77.2 Å². The molecular formula is C23H19N3O3. The van der Waals surface area contributed by atoms with Gasteiger partial charge in [0.25, 0.3) is 11.8 Å². The Morgan fingerprint density at radius 1 is 0.897 bits per heavy atom. The minimum atomic E-state index is -0.273. The van der Waals surface area contributed by atoms with Crippen LogP contribution in [0.4, 0.5) is 5.69 Å². The van der Waals surface area contributed by atoms with Crippen LogP contribution in [0.15, 0.2) is 89.5 Å². The molecule has 4 rings (SSSR count). The zero-order valence-electron chi connectivity index (χ0n) is 15.6. The van der Waals surface area contributed by atoms with Crippen LogP contribution in [0.5, 0.6) is 5.75 Å². The summed E-state index contributed by atoms with van der Waals surface area (Å²) in [6, 6.07) is 26.4. The molecule has 144 valence electrons. The molecule has 0 radical (unpaired) electrons. The van der Waals surface area contributed by atoms with Gasteiger partial charge in [-0.25, -0.2) is 0 Å². The van der Waals surface area contributed by atoms with Gasteiger partial charge < -0.3 is 14.6 Å². The maximum atomic E-state index is 12.3. The van der Waals surface area contributed by atoms with E-state index in [2.05, 4.69) is 15.5 Å². The predicted octanol–water partition coefficient (Wildman–Crippen LogP) is 4.34. The Morgan fingerprint density at radius 2 is 1.59 bits per heavy atom. The predicted molar refractivity (Wildman–Crippen MR) is 110 cm³/mol. The van der Waals surface area contributed by atoms with Gasteiger partial charge in [-0.2, -0.15) is 4.98 Å². The fourth-order valence-electron chi connectivity index (χ4n) is 2.84. The van der Waals surface area contributed by atoms with E-state index in [1.54, 1.807) is 18.2 Å². The van der Waals surface area contributed by atoms with E-state index in [0.717, 1.165) is 5.56 Å². The van der Waals surface area contributed by atoms with Crippen molar-refractivity contribution in [2.24, 2.45) is 0 Å². The fourth-order valence-corrected chi connectivity index (χ4v) is 2.84. The number of hydrogen-bond donors (Lipinski definition) is 1. The third kappa shape index (κ3) is 4.87. The van der Waals surface area contributed by atoms with E-state index in [1.807, 2.05) is 66.7 Å². The lowest BCUT2D eigenvalue weighted by Crippen LogP contribution is -2.20. The standard InChI is InChI=1S/C23H19N3O3/c27-22(16-28-18-11-5-2-6-12-18)24-20-14-8-7-13-19(20)23-25-21(26-29-23)15-17-9-3-1-4-10-17/h1-14H,15-16H2,(H,24,27). The van der Waals surface area contributed by atoms with E-state index in [9.17, 15) is 4.79 Å². The second kappa shape index (κ2) is 8.84. The van der Waals surface area contributed by atoms with Crippen molar-refractivity contribution in [1.82, 2.24) is 10.1 Å². The molecular weight excluding hydrogens is 366 g/mol. The first-order valence-electron chi connectivity index (χ1n) is 9.21. The summed E-state index contributed by atoms with van der Waals surface area (Å²) in [5.74, 6) is 1.30. The minimum Gasteiger partial charge on any atom is -0.484 e. The Labute approximate surface area is 168 Å². The van der Waals surface area contributed by atoms with E-state index >= 15 is 0 Å². The Balaban J connectivity index is 1.45. The maximum absolute atomic E-state index is 12.3. The molecule has 6 heteroatoms. The lowest BCUT2D eigenvalue weighted by molar-refractivity contribution is -0.118. The highest BCUT2D eigenvalue weighted by atomic mass is 16.5. The summed E-state index contributed by atoms with van der Waals surface area (Å²) >= 11 is 0. The van der Waals surface area contributed by atoms with Crippen LogP contribution in [-0.2, 0) is 11.2 Å². The van der Waals surface area contributed by atoms with Crippen LogP contribution in [0.2, 0.25) is 0 Å². The molecule has 29 heavy (non-hydrogen) atoms. The zero-order valence-corrected chi connectivity index (χ0v) is 15.6. The van der Waals surface area contributed by atoms with E-state index in [4.69, 9.17) is 9.26 Å². The molecule has 0 unspecified atom stereocenters. The summed E-state index contributed by atoms with van der Waals surface area (Å²) in [5, 5.41) is 6.91. The maximum Gasteiger partial charge on any atom is 0.262 e. The molecule has 1 aromatic heterocycles. The van der Waals surface area contributed by atoms with Gasteiger partial charge in [0.1, 0.15) is 5.75 Å². The van der Waals surface area contributed by atoms with Gasteiger partial charge in [-0.05, 0) is 29.8 Å². The molecule has 1 N–H and O–H groups in total. The first-order valence-corrected chi connectivity index (χ1v) is 9.21. The number of ether oxygens (including phenoxy) is 1. The highest BCUT2D eigenvalue weighted by Crippen LogP contribution is 2.26. The number of para-hydroxylation sites is 2. The number of nitrogens with zero attached hydrogens (tertiary/aromatic N) is 2. The van der Waals surface area contributed by atoms with Crippen LogP contribution < -0.4 is 10.1 Å². The number of amides is 1. The summed E-state index contributed by atoms with van der Waals surface area (Å²) in [4.78, 5) is 16.8. The van der Waals surface area contributed by atoms with Crippen LogP contribution in [0.25, 0.3) is 11.5 Å². The first kappa shape index (κ1) is 18.4. The molecule has 1 amide bonds. The fraction of sp³-hybridized carbons (Fsp3) is 0.0870. The lowest BCUT2D eigenvalue weighted by atomic mass is 10.1. The van der Waals surface area contributed by atoms with Crippen LogP contribution >= 0.6 is 0 Å². The average Bonchev–Trinajstić information content (AvgIpc) is 3.22. The normalized spacial score (nSPS) is 10.5. The molecule has 1 heterocycles. The molecule has 0 aliphatic carbocycles. The van der Waals surface area contributed by atoms with Crippen LogP contribution in [-0.4, -0.2) is 22.7 Å². The molecule has 0 spiro atoms. The molecule has 3 aromatic carbocycles. The third-order valence-corrected chi connectivity index (χ3v) is 4.22. The Kier molecular flexibility index (Phi) is 5.62. The summed E-state index contributed by atoms with van der Waals surface area (Å²) < 4.78 is 10.9. The van der Waals surface area contributed by atoms with Crippen molar-refractivity contribution in [3.05, 3.63) is 96.3 Å². The summed E-state index contributed by atoms with van der Waals surface area (Å²) in [7, 11) is 0. The van der Waals surface area contributed by atoms with Crippen molar-refractivity contribution in [2.45, 2.75) is 6.42 Å². The quantitative estimate of drug-likeness (QED) is 0.512. The zero-order chi connectivity index (χ0) is 19.9. The number of carbonyl (C=O) groups excluding carboxylic acids is 1. The van der Waals surface area contributed by atoms with Crippen molar-refractivity contribution in [3.8, 4) is 17.2 Å². The second-order valence-corrected chi connectivity index (χ2v) is 6.37. The highest BCUT2D eigenvalue weighted by Gasteiger charge is 2.15. The molecule has 0 saturated carbocycles. The number of benzene rings is 3. The Morgan fingerprint density at radius 3 is 2.38 bits per heavy atom. The van der Waals surface area contributed by atoms with Gasteiger partial charge in [0.15, 0.2) is 12.4 Å². The van der Waals surface area contributed by atoms with Gasteiger partial charge in [-0.1, -0.05) is 65.8 Å². The number of hydrogen-bond acceptors (Lipinski definition) is 5. The molecule has 0 fully saturated rings. The van der Waals surface area contributed by atoms with Crippen molar-refractivity contribution in [2.75, 3.05) is 11.9 Å². The lowest BCUT2D eigenvalue weighted by Gasteiger charge is -2.09. The second-order valence-electron chi connectivity index (χ2n) is 6.37. The van der Waals surface area contributed by atoms with E-state index in [0.29, 0.717) is 35.1 Å². The Bertz CT molecular complexity index is 1080. The Hall–Kier alpha value is -3.93. The van der Waals surface area contributed by atoms with Gasteiger partial charge in [0, 0.05) is 6.42 Å². The number of carbonyl (C=O) groups is 1.